The number of rotatable bonds is 9. The van der Waals surface area contributed by atoms with E-state index in [0.29, 0.717) is 17.3 Å². The van der Waals surface area contributed by atoms with E-state index in [4.69, 9.17) is 14.3 Å². The number of para-hydroxylation sites is 1. The second-order valence-corrected chi connectivity index (χ2v) is 5.70. The van der Waals surface area contributed by atoms with E-state index >= 15 is 0 Å². The lowest BCUT2D eigenvalue weighted by Gasteiger charge is -2.20. The third-order valence-electron chi connectivity index (χ3n) is 3.65. The molecule has 2 N–H and O–H groups in total. The summed E-state index contributed by atoms with van der Waals surface area (Å²) in [6, 6.07) is 8.33. The van der Waals surface area contributed by atoms with Gasteiger partial charge in [0.25, 0.3) is 6.48 Å². The van der Waals surface area contributed by atoms with Gasteiger partial charge in [-0.1, -0.05) is 48.6 Å². The average Bonchev–Trinajstić information content (AvgIpc) is 2.65. The zero-order valence-electron chi connectivity index (χ0n) is 14.6. The van der Waals surface area contributed by atoms with Gasteiger partial charge in [0.05, 0.1) is 18.2 Å². The topological polar surface area (TPSA) is 88.5 Å². The van der Waals surface area contributed by atoms with E-state index in [1.54, 1.807) is 36.4 Å². The normalized spacial score (nSPS) is 17.3. The van der Waals surface area contributed by atoms with Crippen molar-refractivity contribution in [2.45, 2.75) is 19.8 Å². The third-order valence-corrected chi connectivity index (χ3v) is 3.65. The van der Waals surface area contributed by atoms with E-state index in [9.17, 15) is 15.1 Å². The zero-order valence-corrected chi connectivity index (χ0v) is 14.6. The Morgan fingerprint density at radius 3 is 2.69 bits per heavy atom. The summed E-state index contributed by atoms with van der Waals surface area (Å²) in [5.74, 6) is -0.712. The Hall–Kier alpha value is -2.45. The summed E-state index contributed by atoms with van der Waals surface area (Å²) < 4.78 is 10.0. The fourth-order valence-electron chi connectivity index (χ4n) is 2.24. The Labute approximate surface area is 152 Å². The smallest absolute Gasteiger partial charge is 0.313 e. The van der Waals surface area contributed by atoms with E-state index < -0.39 is 6.48 Å². The van der Waals surface area contributed by atoms with E-state index in [0.717, 1.165) is 11.1 Å². The molecule has 0 heterocycles. The molecule has 26 heavy (non-hydrogen) atoms. The second kappa shape index (κ2) is 9.88. The molecule has 2 rings (SSSR count). The van der Waals surface area contributed by atoms with Crippen LogP contribution in [-0.4, -0.2) is 36.0 Å². The number of anilines is 1. The molecule has 0 amide bonds. The van der Waals surface area contributed by atoms with Gasteiger partial charge in [-0.05, 0) is 31.1 Å². The quantitative estimate of drug-likeness (QED) is 0.303. The minimum absolute atomic E-state index is 0.0442. The molecule has 2 unspecified atom stereocenters. The van der Waals surface area contributed by atoms with Crippen molar-refractivity contribution in [3.05, 3.63) is 66.3 Å². The molecule has 7 nitrogen and oxygen atoms in total. The molecule has 0 saturated carbocycles. The van der Waals surface area contributed by atoms with Crippen LogP contribution in [0.4, 0.5) is 5.69 Å². The number of nitrogens with zero attached hydrogens (tertiary/aromatic N) is 1. The van der Waals surface area contributed by atoms with Gasteiger partial charge in [0.2, 0.25) is 0 Å². The fraction of sp³-hybridized carbons (Fsp3) is 0.316. The van der Waals surface area contributed by atoms with Crippen LogP contribution in [0.2, 0.25) is 0 Å². The summed E-state index contributed by atoms with van der Waals surface area (Å²) in [6.07, 6.45) is 6.14. The summed E-state index contributed by atoms with van der Waals surface area (Å²) in [5.41, 5.74) is 2.29. The molecule has 0 fully saturated rings. The maximum Gasteiger partial charge on any atom is 0.313 e. The van der Waals surface area contributed by atoms with Gasteiger partial charge in [0, 0.05) is 0 Å². The van der Waals surface area contributed by atoms with Gasteiger partial charge in [-0.2, -0.15) is 4.84 Å². The van der Waals surface area contributed by atoms with Crippen LogP contribution in [0.5, 0.6) is 0 Å². The first kappa shape index (κ1) is 19.9. The largest absolute Gasteiger partial charge is 0.463 e. The summed E-state index contributed by atoms with van der Waals surface area (Å²) in [4.78, 5) is 16.7. The number of aliphatic hydroxyl groups excluding tert-OH is 1. The van der Waals surface area contributed by atoms with E-state index in [1.165, 1.54) is 0 Å². The number of hydrogen-bond acceptors (Lipinski definition) is 7. The molecule has 140 valence electrons. The van der Waals surface area contributed by atoms with Crippen LogP contribution in [0, 0.1) is 5.92 Å². The van der Waals surface area contributed by atoms with Crippen LogP contribution < -0.4 is 5.23 Å². The van der Waals surface area contributed by atoms with Crippen LogP contribution in [0.1, 0.15) is 13.3 Å². The molecule has 0 bridgehead atoms. The lowest BCUT2D eigenvalue weighted by Crippen LogP contribution is -2.30. The molecule has 1 aliphatic rings. The molecule has 2 atom stereocenters. The van der Waals surface area contributed by atoms with Gasteiger partial charge in [-0.15, -0.1) is 5.23 Å². The number of aliphatic hydroxyl groups is 1. The maximum atomic E-state index is 12.0. The van der Waals surface area contributed by atoms with Gasteiger partial charge in [-0.25, -0.2) is 0 Å². The SMILES string of the molecule is C=C(C)C1=CCC(C(=O)OCCOC(O)ON(O)c2ccccc2)C=C1. The number of carbonyl (C=O) groups excluding carboxylic acids is 1. The lowest BCUT2D eigenvalue weighted by atomic mass is 9.94. The number of esters is 1. The highest BCUT2D eigenvalue weighted by Crippen LogP contribution is 2.21. The van der Waals surface area contributed by atoms with Gasteiger partial charge in [0.15, 0.2) is 0 Å². The zero-order chi connectivity index (χ0) is 18.9. The highest BCUT2D eigenvalue weighted by atomic mass is 17.0. The van der Waals surface area contributed by atoms with Crippen molar-refractivity contribution in [3.63, 3.8) is 0 Å². The Kier molecular flexibility index (Phi) is 7.55. The first-order valence-electron chi connectivity index (χ1n) is 8.18. The van der Waals surface area contributed by atoms with Crippen molar-refractivity contribution in [2.75, 3.05) is 18.4 Å². The monoisotopic (exact) mass is 361 g/mol. The van der Waals surface area contributed by atoms with Crippen molar-refractivity contribution in [3.8, 4) is 0 Å². The molecule has 0 aromatic heterocycles. The van der Waals surface area contributed by atoms with Gasteiger partial charge >= 0.3 is 5.97 Å². The third kappa shape index (κ3) is 6.12. The molecule has 1 aliphatic carbocycles. The van der Waals surface area contributed by atoms with Gasteiger partial charge < -0.3 is 14.6 Å². The number of benzene rings is 1. The molecular weight excluding hydrogens is 338 g/mol. The number of ether oxygens (including phenoxy) is 2. The maximum absolute atomic E-state index is 12.0. The van der Waals surface area contributed by atoms with Crippen LogP contribution >= 0.6 is 0 Å². The Morgan fingerprint density at radius 2 is 2.08 bits per heavy atom. The van der Waals surface area contributed by atoms with Crippen LogP contribution in [0.15, 0.2) is 66.3 Å². The predicted octanol–water partition coefficient (Wildman–Crippen LogP) is 2.73. The predicted molar refractivity (Wildman–Crippen MR) is 94.9 cm³/mol. The summed E-state index contributed by atoms with van der Waals surface area (Å²) >= 11 is 0. The van der Waals surface area contributed by atoms with E-state index in [-0.39, 0.29) is 25.1 Å². The first-order chi connectivity index (χ1) is 12.5. The molecule has 0 saturated heterocycles. The van der Waals surface area contributed by atoms with Crippen LogP contribution in [0.3, 0.4) is 0 Å². The Morgan fingerprint density at radius 1 is 1.35 bits per heavy atom. The van der Waals surface area contributed by atoms with Gasteiger partial charge in [-0.3, -0.25) is 10.0 Å². The van der Waals surface area contributed by atoms with Crippen molar-refractivity contribution in [1.82, 2.24) is 0 Å². The molecule has 7 heteroatoms. The summed E-state index contributed by atoms with van der Waals surface area (Å²) in [5, 5.41) is 19.6. The molecule has 1 aromatic rings. The lowest BCUT2D eigenvalue weighted by molar-refractivity contribution is -0.298. The number of allylic oxidation sites excluding steroid dienone is 4. The molecule has 0 spiro atoms. The minimum Gasteiger partial charge on any atom is -0.463 e. The van der Waals surface area contributed by atoms with Crippen molar-refractivity contribution < 1.29 is 29.4 Å². The van der Waals surface area contributed by atoms with Crippen molar-refractivity contribution >= 4 is 11.7 Å². The molecular formula is C19H23NO6. The van der Waals surface area contributed by atoms with Crippen LogP contribution in [-0.2, 0) is 19.1 Å². The Balaban J connectivity index is 1.63. The van der Waals surface area contributed by atoms with Crippen LogP contribution in [0.25, 0.3) is 0 Å². The minimum atomic E-state index is -1.70. The second-order valence-electron chi connectivity index (χ2n) is 5.70. The van der Waals surface area contributed by atoms with E-state index in [2.05, 4.69) is 6.58 Å². The van der Waals surface area contributed by atoms with Crippen molar-refractivity contribution in [1.29, 1.82) is 0 Å². The summed E-state index contributed by atoms with van der Waals surface area (Å²) in [7, 11) is 0. The first-order valence-corrected chi connectivity index (χ1v) is 8.18. The Bertz CT molecular complexity index is 670. The van der Waals surface area contributed by atoms with Gasteiger partial charge in [0.1, 0.15) is 6.61 Å². The molecule has 0 aliphatic heterocycles. The standard InChI is InChI=1S/C19H23NO6/c1-14(2)15-8-10-16(11-9-15)18(21)24-12-13-25-19(22)26-20(23)17-6-4-3-5-7-17/h3-10,16,19,22-23H,1,11-13H2,2H3. The highest BCUT2D eigenvalue weighted by Gasteiger charge is 2.19. The molecule has 1 aromatic carbocycles. The molecule has 0 radical (unpaired) electrons. The fourth-order valence-corrected chi connectivity index (χ4v) is 2.24. The average molecular weight is 361 g/mol. The number of carbonyl (C=O) groups is 1. The van der Waals surface area contributed by atoms with Crippen molar-refractivity contribution in [2.24, 2.45) is 5.92 Å². The number of hydrogen-bond donors (Lipinski definition) is 2. The highest BCUT2D eigenvalue weighted by molar-refractivity contribution is 5.75. The van der Waals surface area contributed by atoms with E-state index in [1.807, 2.05) is 19.1 Å². The summed E-state index contributed by atoms with van der Waals surface area (Å²) in [6.45, 7) is 3.94.